The van der Waals surface area contributed by atoms with Gasteiger partial charge in [-0.05, 0) is 49.3 Å². The van der Waals surface area contributed by atoms with Crippen molar-refractivity contribution in [2.24, 2.45) is 0 Å². The first-order chi connectivity index (χ1) is 14.2. The molecule has 0 atom stereocenters. The predicted octanol–water partition coefficient (Wildman–Crippen LogP) is 5.37. The number of rotatable bonds is 8. The molecule has 1 aromatic heterocycles. The third-order valence-electron chi connectivity index (χ3n) is 5.21. The SMILES string of the molecule is CN(C)CCc1cn(Cc2ccccc2)c2cccc(OCc3ccccc3)c12. The van der Waals surface area contributed by atoms with E-state index in [9.17, 15) is 0 Å². The van der Waals surface area contributed by atoms with Crippen molar-refractivity contribution in [3.63, 3.8) is 0 Å². The molecule has 0 radical (unpaired) electrons. The van der Waals surface area contributed by atoms with E-state index in [0.29, 0.717) is 6.61 Å². The molecular formula is C26H28N2O. The maximum atomic E-state index is 6.29. The van der Waals surface area contributed by atoms with Crippen molar-refractivity contribution in [3.8, 4) is 5.75 Å². The Balaban J connectivity index is 1.69. The van der Waals surface area contributed by atoms with Crippen LogP contribution in [0.5, 0.6) is 5.75 Å². The van der Waals surface area contributed by atoms with Crippen LogP contribution >= 0.6 is 0 Å². The lowest BCUT2D eigenvalue weighted by Gasteiger charge is -2.11. The van der Waals surface area contributed by atoms with Crippen LogP contribution in [0.15, 0.2) is 85.1 Å². The van der Waals surface area contributed by atoms with Gasteiger partial charge in [-0.3, -0.25) is 0 Å². The van der Waals surface area contributed by atoms with Gasteiger partial charge in [0.05, 0.1) is 5.52 Å². The Labute approximate surface area is 173 Å². The van der Waals surface area contributed by atoms with Crippen LogP contribution in [0.2, 0.25) is 0 Å². The summed E-state index contributed by atoms with van der Waals surface area (Å²) in [5, 5.41) is 1.24. The molecule has 0 aliphatic rings. The van der Waals surface area contributed by atoms with Gasteiger partial charge in [0.1, 0.15) is 12.4 Å². The van der Waals surface area contributed by atoms with Gasteiger partial charge < -0.3 is 14.2 Å². The molecule has 4 aromatic rings. The Bertz CT molecular complexity index is 1050. The number of likely N-dealkylation sites (N-methyl/N-ethyl adjacent to an activating group) is 1. The minimum absolute atomic E-state index is 0.580. The highest BCUT2D eigenvalue weighted by molar-refractivity contribution is 5.90. The van der Waals surface area contributed by atoms with Crippen LogP contribution in [0.3, 0.4) is 0 Å². The molecule has 0 amide bonds. The first-order valence-corrected chi connectivity index (χ1v) is 10.2. The molecule has 0 spiro atoms. The van der Waals surface area contributed by atoms with E-state index in [2.05, 4.69) is 103 Å². The van der Waals surface area contributed by atoms with Crippen LogP contribution in [0.25, 0.3) is 10.9 Å². The zero-order valence-electron chi connectivity index (χ0n) is 17.2. The summed E-state index contributed by atoms with van der Waals surface area (Å²) < 4.78 is 8.64. The summed E-state index contributed by atoms with van der Waals surface area (Å²) in [5.74, 6) is 0.965. The third kappa shape index (κ3) is 4.69. The maximum Gasteiger partial charge on any atom is 0.129 e. The number of benzene rings is 3. The smallest absolute Gasteiger partial charge is 0.129 e. The molecule has 3 heteroatoms. The highest BCUT2D eigenvalue weighted by Crippen LogP contribution is 2.32. The monoisotopic (exact) mass is 384 g/mol. The Kier molecular flexibility index (Phi) is 5.97. The fourth-order valence-corrected chi connectivity index (χ4v) is 3.70. The first-order valence-electron chi connectivity index (χ1n) is 10.2. The zero-order valence-corrected chi connectivity index (χ0v) is 17.2. The van der Waals surface area contributed by atoms with Crippen molar-refractivity contribution < 1.29 is 4.74 Å². The Morgan fingerprint density at radius 1 is 0.793 bits per heavy atom. The van der Waals surface area contributed by atoms with Crippen LogP contribution in [-0.2, 0) is 19.6 Å². The first kappa shape index (κ1) is 19.3. The van der Waals surface area contributed by atoms with Gasteiger partial charge in [-0.2, -0.15) is 0 Å². The second kappa shape index (κ2) is 8.97. The lowest BCUT2D eigenvalue weighted by molar-refractivity contribution is 0.310. The molecule has 0 aliphatic carbocycles. The third-order valence-corrected chi connectivity index (χ3v) is 5.21. The minimum Gasteiger partial charge on any atom is -0.488 e. The van der Waals surface area contributed by atoms with Gasteiger partial charge in [0.15, 0.2) is 0 Å². The van der Waals surface area contributed by atoms with Crippen molar-refractivity contribution >= 4 is 10.9 Å². The van der Waals surface area contributed by atoms with Gasteiger partial charge in [0.25, 0.3) is 0 Å². The summed E-state index contributed by atoms with van der Waals surface area (Å²) in [6.07, 6.45) is 3.30. The molecule has 1 heterocycles. The Morgan fingerprint density at radius 2 is 1.48 bits per heavy atom. The van der Waals surface area contributed by atoms with E-state index >= 15 is 0 Å². The minimum atomic E-state index is 0.580. The molecule has 148 valence electrons. The molecule has 3 aromatic carbocycles. The van der Waals surface area contributed by atoms with Gasteiger partial charge in [-0.25, -0.2) is 0 Å². The van der Waals surface area contributed by atoms with Gasteiger partial charge in [-0.15, -0.1) is 0 Å². The second-order valence-electron chi connectivity index (χ2n) is 7.75. The van der Waals surface area contributed by atoms with E-state index in [1.165, 1.54) is 27.6 Å². The average Bonchev–Trinajstić information content (AvgIpc) is 3.10. The normalized spacial score (nSPS) is 11.3. The van der Waals surface area contributed by atoms with Gasteiger partial charge >= 0.3 is 0 Å². The maximum absolute atomic E-state index is 6.29. The van der Waals surface area contributed by atoms with E-state index in [4.69, 9.17) is 4.74 Å². The molecule has 0 saturated heterocycles. The molecule has 4 rings (SSSR count). The molecule has 3 nitrogen and oxygen atoms in total. The van der Waals surface area contributed by atoms with E-state index in [0.717, 1.165) is 25.3 Å². The van der Waals surface area contributed by atoms with E-state index in [1.807, 2.05) is 6.07 Å². The Hall–Kier alpha value is -3.04. The molecular weight excluding hydrogens is 356 g/mol. The van der Waals surface area contributed by atoms with E-state index in [-0.39, 0.29) is 0 Å². The number of hydrogen-bond donors (Lipinski definition) is 0. The standard InChI is InChI=1S/C26H28N2O/c1-27(2)17-16-23-19-28(18-21-10-5-3-6-11-21)24-14-9-15-25(26(23)24)29-20-22-12-7-4-8-13-22/h3-15,19H,16-18,20H2,1-2H3. The predicted molar refractivity (Wildman–Crippen MR) is 121 cm³/mol. The summed E-state index contributed by atoms with van der Waals surface area (Å²) in [5.41, 5.74) is 5.06. The summed E-state index contributed by atoms with van der Waals surface area (Å²) in [7, 11) is 4.24. The largest absolute Gasteiger partial charge is 0.488 e. The number of aromatic nitrogens is 1. The lowest BCUT2D eigenvalue weighted by atomic mass is 10.1. The summed E-state index contributed by atoms with van der Waals surface area (Å²) >= 11 is 0. The molecule has 0 saturated carbocycles. The molecule has 0 unspecified atom stereocenters. The lowest BCUT2D eigenvalue weighted by Crippen LogP contribution is -2.15. The molecule has 0 aliphatic heterocycles. The van der Waals surface area contributed by atoms with Gasteiger partial charge in [0.2, 0.25) is 0 Å². The highest BCUT2D eigenvalue weighted by atomic mass is 16.5. The van der Waals surface area contributed by atoms with Crippen LogP contribution in [0, 0.1) is 0 Å². The second-order valence-corrected chi connectivity index (χ2v) is 7.75. The van der Waals surface area contributed by atoms with E-state index < -0.39 is 0 Å². The summed E-state index contributed by atoms with van der Waals surface area (Å²) in [4.78, 5) is 2.23. The fourth-order valence-electron chi connectivity index (χ4n) is 3.70. The van der Waals surface area contributed by atoms with E-state index in [1.54, 1.807) is 0 Å². The number of ether oxygens (including phenoxy) is 1. The number of fused-ring (bicyclic) bond motifs is 1. The van der Waals surface area contributed by atoms with Crippen LogP contribution < -0.4 is 4.74 Å². The summed E-state index contributed by atoms with van der Waals surface area (Å²) in [6.45, 7) is 2.45. The van der Waals surface area contributed by atoms with Crippen molar-refractivity contribution in [1.29, 1.82) is 0 Å². The fraction of sp³-hybridized carbons (Fsp3) is 0.231. The van der Waals surface area contributed by atoms with Crippen LogP contribution in [0.1, 0.15) is 16.7 Å². The van der Waals surface area contributed by atoms with Crippen molar-refractivity contribution in [1.82, 2.24) is 9.47 Å². The molecule has 0 bridgehead atoms. The quantitative estimate of drug-likeness (QED) is 0.406. The molecule has 0 fully saturated rings. The van der Waals surface area contributed by atoms with Crippen LogP contribution in [0.4, 0.5) is 0 Å². The Morgan fingerprint density at radius 3 is 2.17 bits per heavy atom. The number of nitrogens with zero attached hydrogens (tertiary/aromatic N) is 2. The highest BCUT2D eigenvalue weighted by Gasteiger charge is 2.14. The summed E-state index contributed by atoms with van der Waals surface area (Å²) in [6, 6.07) is 27.4. The van der Waals surface area contributed by atoms with Crippen molar-refractivity contribution in [2.45, 2.75) is 19.6 Å². The van der Waals surface area contributed by atoms with Gasteiger partial charge in [-0.1, -0.05) is 66.7 Å². The average molecular weight is 385 g/mol. The molecule has 29 heavy (non-hydrogen) atoms. The van der Waals surface area contributed by atoms with Crippen molar-refractivity contribution in [2.75, 3.05) is 20.6 Å². The zero-order chi connectivity index (χ0) is 20.1. The number of hydrogen-bond acceptors (Lipinski definition) is 2. The molecule has 0 N–H and O–H groups in total. The van der Waals surface area contributed by atoms with Crippen LogP contribution in [-0.4, -0.2) is 30.1 Å². The topological polar surface area (TPSA) is 17.4 Å². The van der Waals surface area contributed by atoms with Gasteiger partial charge in [0, 0.05) is 24.7 Å². The van der Waals surface area contributed by atoms with Crippen molar-refractivity contribution in [3.05, 3.63) is 102 Å².